The summed E-state index contributed by atoms with van der Waals surface area (Å²) >= 11 is 1.70. The number of rotatable bonds is 11. The van der Waals surface area contributed by atoms with Gasteiger partial charge in [-0.05, 0) is 90.8 Å². The Kier molecular flexibility index (Phi) is 11.9. The Morgan fingerprint density at radius 2 is 1.43 bits per heavy atom. The number of benzene rings is 2. The molecule has 14 nitrogen and oxygen atoms in total. The van der Waals surface area contributed by atoms with Crippen LogP contribution in [-0.4, -0.2) is 93.1 Å². The third-order valence-corrected chi connectivity index (χ3v) is 14.6. The number of carbonyl (C=O) groups excluding carboxylic acids is 4. The molecule has 2 bridgehead atoms. The molecule has 3 fully saturated rings. The Morgan fingerprint density at radius 3 is 2.06 bits per heavy atom. The Bertz CT molecular complexity index is 2590. The van der Waals surface area contributed by atoms with Crippen LogP contribution in [0.2, 0.25) is 0 Å². The van der Waals surface area contributed by atoms with Crippen LogP contribution in [0.3, 0.4) is 0 Å². The van der Waals surface area contributed by atoms with Gasteiger partial charge in [-0.3, -0.25) is 9.59 Å². The summed E-state index contributed by atoms with van der Waals surface area (Å²) in [6.45, 7) is 10.8. The predicted molar refractivity (Wildman–Crippen MR) is 242 cm³/mol. The highest BCUT2D eigenvalue weighted by Crippen LogP contribution is 2.53. The number of hydrogen-bond acceptors (Lipinski definition) is 9. The number of ether oxygens (including phenoxy) is 2. The zero-order valence-electron chi connectivity index (χ0n) is 37.0. The smallest absolute Gasteiger partial charge is 0.407 e. The first-order valence-corrected chi connectivity index (χ1v) is 22.7. The Balaban J connectivity index is 1.05. The molecule has 4 N–H and O–H groups in total. The van der Waals surface area contributed by atoms with Crippen LogP contribution in [0.4, 0.5) is 9.59 Å². The number of piperidine rings is 2. The van der Waals surface area contributed by atoms with Crippen molar-refractivity contribution in [1.82, 2.24) is 40.4 Å². The molecule has 1 saturated carbocycles. The van der Waals surface area contributed by atoms with E-state index >= 15 is 0 Å². The second-order valence-corrected chi connectivity index (χ2v) is 18.8. The van der Waals surface area contributed by atoms with Crippen molar-refractivity contribution in [2.75, 3.05) is 27.3 Å². The largest absolute Gasteiger partial charge is 0.453 e. The second kappa shape index (κ2) is 17.2. The molecular formula is C48H56N8O6S. The molecule has 3 aromatic heterocycles. The Labute approximate surface area is 371 Å². The van der Waals surface area contributed by atoms with Gasteiger partial charge in [0.05, 0.1) is 38.0 Å². The van der Waals surface area contributed by atoms with Gasteiger partial charge in [0.1, 0.15) is 29.3 Å². The maximum Gasteiger partial charge on any atom is 0.407 e. The third kappa shape index (κ3) is 7.62. The van der Waals surface area contributed by atoms with Crippen LogP contribution < -0.4 is 10.6 Å². The number of methoxy groups -OCH3 is 2. The fraction of sp³-hybridized carbons (Fsp3) is 0.458. The fourth-order valence-corrected chi connectivity index (χ4v) is 11.1. The maximum absolute atomic E-state index is 14.1. The predicted octanol–water partition coefficient (Wildman–Crippen LogP) is 8.10. The van der Waals surface area contributed by atoms with Gasteiger partial charge < -0.3 is 39.9 Å². The summed E-state index contributed by atoms with van der Waals surface area (Å²) in [6.07, 6.45) is 13.4. The number of aromatic nitrogens is 4. The monoisotopic (exact) mass is 872 g/mol. The first-order valence-electron chi connectivity index (χ1n) is 21.8. The molecule has 5 atom stereocenters. The van der Waals surface area contributed by atoms with Crippen molar-refractivity contribution >= 4 is 45.4 Å². The molecule has 1 aliphatic carbocycles. The number of nitrogens with one attached hydrogen (secondary N) is 4. The average molecular weight is 873 g/mol. The number of hydrogen-bond donors (Lipinski definition) is 4. The van der Waals surface area contributed by atoms with Gasteiger partial charge in [0.2, 0.25) is 11.8 Å². The maximum atomic E-state index is 14.1. The minimum Gasteiger partial charge on any atom is -0.453 e. The minimum absolute atomic E-state index is 0.111. The number of aryl methyl sites for hydroxylation is 1. The van der Waals surface area contributed by atoms with Crippen LogP contribution in [0.15, 0.2) is 54.2 Å². The summed E-state index contributed by atoms with van der Waals surface area (Å²) < 4.78 is 10.8. The van der Waals surface area contributed by atoms with E-state index in [2.05, 4.69) is 75.2 Å². The molecule has 2 aliphatic heterocycles. The molecule has 3 aliphatic rings. The van der Waals surface area contributed by atoms with Gasteiger partial charge in [-0.1, -0.05) is 70.0 Å². The molecular weight excluding hydrogens is 817 g/mol. The summed E-state index contributed by atoms with van der Waals surface area (Å²) in [5, 5.41) is 8.82. The van der Waals surface area contributed by atoms with E-state index in [1.807, 2.05) is 38.8 Å². The van der Waals surface area contributed by atoms with Crippen molar-refractivity contribution in [3.63, 3.8) is 0 Å². The van der Waals surface area contributed by atoms with Crippen molar-refractivity contribution in [2.24, 2.45) is 17.8 Å². The molecule has 330 valence electrons. The normalized spacial score (nSPS) is 21.7. The number of terminal acetylenes is 1. The zero-order chi connectivity index (χ0) is 44.8. The molecule has 2 saturated heterocycles. The lowest BCUT2D eigenvalue weighted by Crippen LogP contribution is -2.59. The van der Waals surface area contributed by atoms with Gasteiger partial charge in [0, 0.05) is 28.7 Å². The van der Waals surface area contributed by atoms with Gasteiger partial charge in [-0.15, -0.1) is 17.8 Å². The van der Waals surface area contributed by atoms with Gasteiger partial charge >= 0.3 is 12.2 Å². The number of likely N-dealkylation sites (tertiary alicyclic amines) is 2. The number of alkyl carbamates (subject to hydrolysis) is 2. The van der Waals surface area contributed by atoms with E-state index in [-0.39, 0.29) is 23.7 Å². The lowest BCUT2D eigenvalue weighted by molar-refractivity contribution is -0.142. The lowest BCUT2D eigenvalue weighted by atomic mass is 9.85. The number of imidazole rings is 2. The van der Waals surface area contributed by atoms with Gasteiger partial charge in [-0.25, -0.2) is 19.6 Å². The summed E-state index contributed by atoms with van der Waals surface area (Å²) in [6, 6.07) is 11.1. The van der Waals surface area contributed by atoms with Crippen molar-refractivity contribution < 1.29 is 28.7 Å². The highest BCUT2D eigenvalue weighted by atomic mass is 32.1. The molecule has 4 amide bonds. The van der Waals surface area contributed by atoms with Crippen LogP contribution in [0, 0.1) is 37.0 Å². The number of fused-ring (bicyclic) bond motifs is 3. The highest BCUT2D eigenvalue weighted by molar-refractivity contribution is 7.18. The average Bonchev–Trinajstić information content (AvgIpc) is 4.16. The van der Waals surface area contributed by atoms with Gasteiger partial charge in [0.15, 0.2) is 5.54 Å². The van der Waals surface area contributed by atoms with Crippen molar-refractivity contribution in [1.29, 1.82) is 0 Å². The number of nitrogens with zero attached hydrogens (tertiary/aromatic N) is 4. The second-order valence-electron chi connectivity index (χ2n) is 17.9. The Hall–Kier alpha value is -6.14. The molecule has 5 aromatic rings. The first kappa shape index (κ1) is 43.5. The first-order chi connectivity index (χ1) is 30.2. The number of thiophene rings is 1. The standard InChI is InChI=1S/C48H56N8O6S/c1-9-47(19-10-11-21-55(47)41(57)38(27(2)3)53-45(59)61-7)43-49-23-35(51-43)32-14-12-31(13-15-32)33-16-17-34(40-37(33)29(6)26-63-40)36-24-50-44(52-36)48-20-18-30(22-48)25-56(48)42(58)39(28(4)5)54-46(60)62-8/h1,12-17,23-24,26-28,30,38-39H,10-11,18-22,25H2,2-8H3,(H,49,51)(H,50,52)(H,53,59)(H,54,60)/t30-,38+,39+,47-,48+/m1/s1. The molecule has 5 heterocycles. The molecule has 0 radical (unpaired) electrons. The van der Waals surface area contributed by atoms with Crippen molar-refractivity contribution in [2.45, 2.75) is 96.3 Å². The quantitative estimate of drug-likeness (QED) is 0.0964. The molecule has 15 heteroatoms. The van der Waals surface area contributed by atoms with Gasteiger partial charge in [0.25, 0.3) is 0 Å². The zero-order valence-corrected chi connectivity index (χ0v) is 37.8. The SMILES string of the molecule is C#C[C@]1(c2ncc(-c3ccc(-c4ccc(-c5cnc([C@@]67CC[C@@H](CN6C(=O)[C@@H](NC(=O)OC)C(C)C)C7)[nH]5)c5scc(C)c45)cc3)[nH]2)CCCCN1C(=O)[C@@H](NC(=O)OC)C(C)C. The molecule has 63 heavy (non-hydrogen) atoms. The Morgan fingerprint density at radius 1 is 0.825 bits per heavy atom. The number of H-pyrrole nitrogens is 2. The van der Waals surface area contributed by atoms with Crippen molar-refractivity contribution in [3.8, 4) is 46.0 Å². The summed E-state index contributed by atoms with van der Waals surface area (Å²) in [5.74, 6) is 3.90. The molecule has 2 aromatic carbocycles. The van der Waals surface area contributed by atoms with Crippen LogP contribution in [0.1, 0.15) is 83.4 Å². The van der Waals surface area contributed by atoms with E-state index in [0.717, 1.165) is 81.7 Å². The summed E-state index contributed by atoms with van der Waals surface area (Å²) in [5.41, 5.74) is 5.28. The molecule has 0 spiro atoms. The van der Waals surface area contributed by atoms with Crippen LogP contribution in [0.5, 0.6) is 0 Å². The van der Waals surface area contributed by atoms with Gasteiger partial charge in [-0.2, -0.15) is 0 Å². The topological polar surface area (TPSA) is 175 Å². The third-order valence-electron chi connectivity index (χ3n) is 13.4. The lowest BCUT2D eigenvalue weighted by Gasteiger charge is -2.44. The fourth-order valence-electron chi connectivity index (χ4n) is 10.0. The highest BCUT2D eigenvalue weighted by Gasteiger charge is 2.56. The van der Waals surface area contributed by atoms with E-state index in [1.165, 1.54) is 19.8 Å². The summed E-state index contributed by atoms with van der Waals surface area (Å²) in [4.78, 5) is 73.1. The minimum atomic E-state index is -1.11. The van der Waals surface area contributed by atoms with Crippen molar-refractivity contribution in [3.05, 3.63) is 71.4 Å². The van der Waals surface area contributed by atoms with E-state index in [4.69, 9.17) is 25.9 Å². The van der Waals surface area contributed by atoms with Crippen LogP contribution in [-0.2, 0) is 30.1 Å². The van der Waals surface area contributed by atoms with Crippen LogP contribution >= 0.6 is 11.3 Å². The molecule has 0 unspecified atom stereocenters. The molecule has 8 rings (SSSR count). The number of carbonyl (C=O) groups is 4. The van der Waals surface area contributed by atoms with E-state index in [1.54, 1.807) is 22.4 Å². The number of amides is 4. The van der Waals surface area contributed by atoms with E-state index in [9.17, 15) is 19.2 Å². The van der Waals surface area contributed by atoms with Crippen LogP contribution in [0.25, 0.3) is 43.7 Å². The van der Waals surface area contributed by atoms with E-state index in [0.29, 0.717) is 31.3 Å². The van der Waals surface area contributed by atoms with E-state index < -0.39 is 35.3 Å². The summed E-state index contributed by atoms with van der Waals surface area (Å²) in [7, 11) is 2.58. The number of aromatic amines is 2.